The number of thioether (sulfide) groups is 1. The van der Waals surface area contributed by atoms with Crippen LogP contribution >= 0.6 is 35.0 Å². The molecule has 8 nitrogen and oxygen atoms in total. The van der Waals surface area contributed by atoms with E-state index < -0.39 is 23.0 Å². The summed E-state index contributed by atoms with van der Waals surface area (Å²) in [4.78, 5) is 68.8. The van der Waals surface area contributed by atoms with E-state index in [0.717, 1.165) is 0 Å². The molecule has 1 aliphatic rings. The van der Waals surface area contributed by atoms with E-state index in [9.17, 15) is 24.0 Å². The predicted molar refractivity (Wildman–Crippen MR) is 217 cm³/mol. The lowest BCUT2D eigenvalue weighted by Crippen LogP contribution is -2.30. The normalized spacial score (nSPS) is 12.6. The lowest BCUT2D eigenvalue weighted by Gasteiger charge is -2.22. The van der Waals surface area contributed by atoms with Gasteiger partial charge in [0, 0.05) is 48.4 Å². The number of halogens is 2. The molecule has 1 unspecified atom stereocenters. The topological polar surface area (TPSA) is 121 Å². The van der Waals surface area contributed by atoms with Gasteiger partial charge in [0.15, 0.2) is 11.6 Å². The number of nitrogens with one attached hydrogen (secondary N) is 3. The Morgan fingerprint density at radius 3 is 1.93 bits per heavy atom. The molecule has 3 amide bonds. The van der Waals surface area contributed by atoms with E-state index in [1.165, 1.54) is 17.8 Å². The molecule has 0 saturated carbocycles. The number of carbonyl (C=O) groups is 5. The number of anilines is 2. The zero-order chi connectivity index (χ0) is 38.5. The first-order valence-corrected chi connectivity index (χ1v) is 18.6. The third-order valence-electron chi connectivity index (χ3n) is 8.71. The van der Waals surface area contributed by atoms with Gasteiger partial charge in [-0.25, -0.2) is 0 Å². The van der Waals surface area contributed by atoms with E-state index >= 15 is 0 Å². The Bertz CT molecular complexity index is 2500. The van der Waals surface area contributed by atoms with Gasteiger partial charge >= 0.3 is 0 Å². The molecule has 0 saturated heterocycles. The quantitative estimate of drug-likeness (QED) is 0.0939. The van der Waals surface area contributed by atoms with Gasteiger partial charge in [-0.2, -0.15) is 0 Å². The van der Waals surface area contributed by atoms with Crippen LogP contribution in [0.2, 0.25) is 10.0 Å². The van der Waals surface area contributed by atoms with Crippen molar-refractivity contribution in [2.45, 2.75) is 10.1 Å². The van der Waals surface area contributed by atoms with Crippen molar-refractivity contribution in [1.29, 1.82) is 0 Å². The van der Waals surface area contributed by atoms with Crippen molar-refractivity contribution in [3.63, 3.8) is 0 Å². The molecule has 1 aliphatic carbocycles. The zero-order valence-electron chi connectivity index (χ0n) is 28.7. The summed E-state index contributed by atoms with van der Waals surface area (Å²) in [7, 11) is 0. The standard InChI is InChI=1S/C44H29Cl2N3O5S/c45-34-21-11-22-35(46)33(34)25-37(49-42(52)27-14-5-2-6-15-27)43(53)47-28-16-9-17-29(24-28)55-41(26-12-3-1-4-13-26)44(54)48-36-23-10-20-32-38(36)40(51)31-19-8-7-18-30(31)39(32)50/h1-25,41H,(H,47,53)(H,48,54)(H,49,52)/b37-25+. The van der Waals surface area contributed by atoms with Gasteiger partial charge in [0.25, 0.3) is 11.8 Å². The molecule has 0 aromatic heterocycles. The van der Waals surface area contributed by atoms with Crippen molar-refractivity contribution in [1.82, 2.24) is 5.32 Å². The molecular formula is C44H29Cl2N3O5S. The highest BCUT2D eigenvalue weighted by atomic mass is 35.5. The van der Waals surface area contributed by atoms with Gasteiger partial charge in [-0.05, 0) is 60.2 Å². The highest BCUT2D eigenvalue weighted by Gasteiger charge is 2.33. The van der Waals surface area contributed by atoms with Crippen LogP contribution in [0.25, 0.3) is 6.08 Å². The molecular weight excluding hydrogens is 753 g/mol. The SMILES string of the molecule is O=C(Nc1cccc(SC(C(=O)Nc2cccc3c2C(=O)c2ccccc2C3=O)c2ccccc2)c1)/C(=C\c1c(Cl)cccc1Cl)NC(=O)c1ccccc1. The maximum absolute atomic E-state index is 14.2. The van der Waals surface area contributed by atoms with Gasteiger partial charge in [-0.1, -0.05) is 120 Å². The molecule has 0 heterocycles. The minimum Gasteiger partial charge on any atom is -0.324 e. The molecule has 0 fully saturated rings. The number of rotatable bonds is 10. The molecule has 1 atom stereocenters. The van der Waals surface area contributed by atoms with E-state index in [4.69, 9.17) is 23.2 Å². The molecule has 0 radical (unpaired) electrons. The molecule has 7 rings (SSSR count). The fourth-order valence-corrected chi connectivity index (χ4v) is 7.66. The molecule has 6 aromatic carbocycles. The Morgan fingerprint density at radius 2 is 1.22 bits per heavy atom. The number of benzene rings is 6. The van der Waals surface area contributed by atoms with Crippen molar-refractivity contribution in [3.8, 4) is 0 Å². The molecule has 0 bridgehead atoms. The Kier molecular flexibility index (Phi) is 11.1. The summed E-state index contributed by atoms with van der Waals surface area (Å²) in [6.07, 6.45) is 1.41. The summed E-state index contributed by atoms with van der Waals surface area (Å²) in [5.41, 5.74) is 2.84. The number of ketones is 2. The minimum atomic E-state index is -0.812. The lowest BCUT2D eigenvalue weighted by atomic mass is 9.83. The van der Waals surface area contributed by atoms with Gasteiger partial charge in [0.05, 0.1) is 11.3 Å². The van der Waals surface area contributed by atoms with Crippen LogP contribution in [-0.2, 0) is 9.59 Å². The Morgan fingerprint density at radius 1 is 0.618 bits per heavy atom. The van der Waals surface area contributed by atoms with Crippen LogP contribution in [0.3, 0.4) is 0 Å². The zero-order valence-corrected chi connectivity index (χ0v) is 31.0. The number of carbonyl (C=O) groups excluding carboxylic acids is 5. The second-order valence-electron chi connectivity index (χ2n) is 12.3. The summed E-state index contributed by atoms with van der Waals surface area (Å²) in [6.45, 7) is 0. The minimum absolute atomic E-state index is 0.106. The van der Waals surface area contributed by atoms with Crippen LogP contribution in [0, 0.1) is 0 Å². The highest BCUT2D eigenvalue weighted by molar-refractivity contribution is 8.00. The van der Waals surface area contributed by atoms with E-state index in [1.807, 2.05) is 30.3 Å². The fourth-order valence-electron chi connectivity index (χ4n) is 6.07. The Labute approximate surface area is 330 Å². The molecule has 6 aromatic rings. The van der Waals surface area contributed by atoms with E-state index in [0.29, 0.717) is 32.8 Å². The second kappa shape index (κ2) is 16.4. The van der Waals surface area contributed by atoms with Gasteiger partial charge < -0.3 is 16.0 Å². The van der Waals surface area contributed by atoms with Crippen LogP contribution in [-0.4, -0.2) is 29.3 Å². The molecule has 11 heteroatoms. The van der Waals surface area contributed by atoms with Crippen LogP contribution < -0.4 is 16.0 Å². The molecule has 0 aliphatic heterocycles. The lowest BCUT2D eigenvalue weighted by molar-refractivity contribution is -0.116. The molecule has 270 valence electrons. The first-order chi connectivity index (χ1) is 26.7. The third-order valence-corrected chi connectivity index (χ3v) is 10.6. The Balaban J connectivity index is 1.15. The summed E-state index contributed by atoms with van der Waals surface area (Å²) in [5, 5.41) is 8.21. The van der Waals surface area contributed by atoms with Crippen molar-refractivity contribution in [2.24, 2.45) is 0 Å². The number of amides is 3. The average Bonchev–Trinajstić information content (AvgIpc) is 3.20. The highest BCUT2D eigenvalue weighted by Crippen LogP contribution is 2.39. The van der Waals surface area contributed by atoms with Crippen molar-refractivity contribution in [3.05, 3.63) is 200 Å². The van der Waals surface area contributed by atoms with E-state index in [1.54, 1.807) is 115 Å². The van der Waals surface area contributed by atoms with Gasteiger partial charge in [0.1, 0.15) is 10.9 Å². The van der Waals surface area contributed by atoms with Crippen LogP contribution in [0.5, 0.6) is 0 Å². The largest absolute Gasteiger partial charge is 0.324 e. The molecule has 55 heavy (non-hydrogen) atoms. The molecule has 3 N–H and O–H groups in total. The fraction of sp³-hybridized carbons (Fsp3) is 0.0227. The summed E-state index contributed by atoms with van der Waals surface area (Å²) < 4.78 is 0. The smallest absolute Gasteiger partial charge is 0.272 e. The van der Waals surface area contributed by atoms with Crippen molar-refractivity contribution in [2.75, 3.05) is 10.6 Å². The summed E-state index contributed by atoms with van der Waals surface area (Å²) in [5.74, 6) is -2.22. The van der Waals surface area contributed by atoms with Crippen LogP contribution in [0.15, 0.2) is 156 Å². The first kappa shape index (κ1) is 37.1. The molecule has 0 spiro atoms. The Hall–Kier alpha value is -6.26. The van der Waals surface area contributed by atoms with Crippen molar-refractivity contribution < 1.29 is 24.0 Å². The number of hydrogen-bond donors (Lipinski definition) is 3. The average molecular weight is 783 g/mol. The van der Waals surface area contributed by atoms with Crippen molar-refractivity contribution >= 4 is 81.7 Å². The number of hydrogen-bond acceptors (Lipinski definition) is 6. The first-order valence-electron chi connectivity index (χ1n) is 17.0. The van der Waals surface area contributed by atoms with E-state index in [2.05, 4.69) is 16.0 Å². The van der Waals surface area contributed by atoms with Crippen LogP contribution in [0.1, 0.15) is 58.6 Å². The second-order valence-corrected chi connectivity index (χ2v) is 14.3. The maximum Gasteiger partial charge on any atom is 0.272 e. The maximum atomic E-state index is 14.2. The monoisotopic (exact) mass is 781 g/mol. The van der Waals surface area contributed by atoms with E-state index in [-0.39, 0.29) is 49.7 Å². The van der Waals surface area contributed by atoms with Gasteiger partial charge in [-0.15, -0.1) is 11.8 Å². The van der Waals surface area contributed by atoms with Gasteiger partial charge in [-0.3, -0.25) is 24.0 Å². The number of fused-ring (bicyclic) bond motifs is 2. The third kappa shape index (κ3) is 8.14. The predicted octanol–water partition coefficient (Wildman–Crippen LogP) is 9.65. The van der Waals surface area contributed by atoms with Crippen LogP contribution in [0.4, 0.5) is 11.4 Å². The van der Waals surface area contributed by atoms with Gasteiger partial charge in [0.2, 0.25) is 5.91 Å². The summed E-state index contributed by atoms with van der Waals surface area (Å²) >= 11 is 14.1. The summed E-state index contributed by atoms with van der Waals surface area (Å²) in [6, 6.07) is 40.8.